The van der Waals surface area contributed by atoms with Crippen LogP contribution in [-0.2, 0) is 4.74 Å². The van der Waals surface area contributed by atoms with Crippen LogP contribution in [0, 0.1) is 5.82 Å². The first kappa shape index (κ1) is 20.0. The maximum absolute atomic E-state index is 13.3. The van der Waals surface area contributed by atoms with Crippen LogP contribution in [0.1, 0.15) is 18.5 Å². The van der Waals surface area contributed by atoms with Gasteiger partial charge in [-0.1, -0.05) is 41.9 Å². The lowest BCUT2D eigenvalue weighted by molar-refractivity contribution is 0.0102. The SMILES string of the molecule is C[C@@H](NC(=S)Nc1ccc(F)c(Cl)c1)[C@H](c1ccccc1)N1CCOCC1. The number of hydrogen-bond acceptors (Lipinski definition) is 3. The molecule has 7 heteroatoms. The monoisotopic (exact) mass is 407 g/mol. The van der Waals surface area contributed by atoms with Gasteiger partial charge in [0.25, 0.3) is 0 Å². The summed E-state index contributed by atoms with van der Waals surface area (Å²) in [5.41, 5.74) is 1.88. The Bertz CT molecular complexity index is 771. The zero-order valence-electron chi connectivity index (χ0n) is 15.1. The lowest BCUT2D eigenvalue weighted by Crippen LogP contribution is -2.49. The van der Waals surface area contributed by atoms with Gasteiger partial charge in [0.1, 0.15) is 5.82 Å². The van der Waals surface area contributed by atoms with Gasteiger partial charge in [-0.3, -0.25) is 4.90 Å². The lowest BCUT2D eigenvalue weighted by Gasteiger charge is -2.38. The van der Waals surface area contributed by atoms with Crippen LogP contribution in [0.15, 0.2) is 48.5 Å². The summed E-state index contributed by atoms with van der Waals surface area (Å²) >= 11 is 11.3. The number of benzene rings is 2. The number of halogens is 2. The van der Waals surface area contributed by atoms with Crippen molar-refractivity contribution in [2.75, 3.05) is 31.6 Å². The predicted octanol–water partition coefficient (Wildman–Crippen LogP) is 4.23. The first-order chi connectivity index (χ1) is 13.0. The molecule has 0 spiro atoms. The van der Waals surface area contributed by atoms with Gasteiger partial charge >= 0.3 is 0 Å². The molecule has 2 N–H and O–H groups in total. The molecule has 1 aliphatic heterocycles. The normalized spacial score (nSPS) is 17.1. The molecule has 0 aromatic heterocycles. The second-order valence-corrected chi connectivity index (χ2v) is 7.34. The molecule has 0 amide bonds. The van der Waals surface area contributed by atoms with Crippen LogP contribution < -0.4 is 10.6 Å². The average molecular weight is 408 g/mol. The van der Waals surface area contributed by atoms with Crippen molar-refractivity contribution in [3.63, 3.8) is 0 Å². The fourth-order valence-electron chi connectivity index (χ4n) is 3.35. The minimum atomic E-state index is -0.453. The standard InChI is InChI=1S/C20H23ClFN3OS/c1-14(23-20(27)24-16-7-8-18(22)17(21)13-16)19(15-5-3-2-4-6-15)25-9-11-26-12-10-25/h2-8,13-14,19H,9-12H2,1H3,(H2,23,24,27)/t14-,19-/m1/s1. The molecular weight excluding hydrogens is 385 g/mol. The Labute approximate surface area is 169 Å². The van der Waals surface area contributed by atoms with Gasteiger partial charge in [0, 0.05) is 24.8 Å². The van der Waals surface area contributed by atoms with Gasteiger partial charge in [-0.15, -0.1) is 0 Å². The van der Waals surface area contributed by atoms with Crippen molar-refractivity contribution in [1.29, 1.82) is 0 Å². The van der Waals surface area contributed by atoms with E-state index in [0.29, 0.717) is 10.8 Å². The van der Waals surface area contributed by atoms with Crippen molar-refractivity contribution < 1.29 is 9.13 Å². The number of hydrogen-bond donors (Lipinski definition) is 2. The predicted molar refractivity (Wildman–Crippen MR) is 112 cm³/mol. The fraction of sp³-hybridized carbons (Fsp3) is 0.350. The van der Waals surface area contributed by atoms with Gasteiger partial charge in [0.05, 0.1) is 24.3 Å². The van der Waals surface area contributed by atoms with Gasteiger partial charge in [0.2, 0.25) is 0 Å². The molecule has 4 nitrogen and oxygen atoms in total. The molecule has 0 aliphatic carbocycles. The molecule has 27 heavy (non-hydrogen) atoms. The van der Waals surface area contributed by atoms with Crippen LogP contribution in [0.3, 0.4) is 0 Å². The molecule has 2 aromatic rings. The Morgan fingerprint density at radius 3 is 2.56 bits per heavy atom. The third-order valence-corrected chi connectivity index (χ3v) is 5.10. The summed E-state index contributed by atoms with van der Waals surface area (Å²) in [5.74, 6) is -0.453. The maximum Gasteiger partial charge on any atom is 0.171 e. The molecule has 0 radical (unpaired) electrons. The molecule has 0 saturated carbocycles. The number of anilines is 1. The van der Waals surface area contributed by atoms with Crippen LogP contribution in [-0.4, -0.2) is 42.4 Å². The van der Waals surface area contributed by atoms with Gasteiger partial charge < -0.3 is 15.4 Å². The topological polar surface area (TPSA) is 36.5 Å². The molecular formula is C20H23ClFN3OS. The van der Waals surface area contributed by atoms with Crippen LogP contribution in [0.25, 0.3) is 0 Å². The summed E-state index contributed by atoms with van der Waals surface area (Å²) in [6.07, 6.45) is 0. The van der Waals surface area contributed by atoms with E-state index < -0.39 is 5.82 Å². The molecule has 1 saturated heterocycles. The van der Waals surface area contributed by atoms with Crippen LogP contribution in [0.4, 0.5) is 10.1 Å². The summed E-state index contributed by atoms with van der Waals surface area (Å²) in [6, 6.07) is 15.0. The first-order valence-electron chi connectivity index (χ1n) is 8.94. The van der Waals surface area contributed by atoms with Gasteiger partial charge in [-0.05, 0) is 42.9 Å². The van der Waals surface area contributed by atoms with E-state index in [1.165, 1.54) is 17.7 Å². The number of ether oxygens (including phenoxy) is 1. The van der Waals surface area contributed by atoms with E-state index in [4.69, 9.17) is 28.6 Å². The molecule has 2 atom stereocenters. The van der Waals surface area contributed by atoms with E-state index in [-0.39, 0.29) is 17.1 Å². The quantitative estimate of drug-likeness (QED) is 0.725. The van der Waals surface area contributed by atoms with E-state index in [1.807, 2.05) is 18.2 Å². The largest absolute Gasteiger partial charge is 0.379 e. The van der Waals surface area contributed by atoms with E-state index in [9.17, 15) is 4.39 Å². The number of nitrogens with zero attached hydrogens (tertiary/aromatic N) is 1. The van der Waals surface area contributed by atoms with E-state index in [1.54, 1.807) is 6.07 Å². The Hall–Kier alpha value is -1.73. The zero-order valence-corrected chi connectivity index (χ0v) is 16.7. The summed E-state index contributed by atoms with van der Waals surface area (Å²) in [6.45, 7) is 5.32. The molecule has 1 fully saturated rings. The fourth-order valence-corrected chi connectivity index (χ4v) is 3.83. The highest BCUT2D eigenvalue weighted by Gasteiger charge is 2.28. The lowest BCUT2D eigenvalue weighted by atomic mass is 9.98. The summed E-state index contributed by atoms with van der Waals surface area (Å²) in [5, 5.41) is 6.97. The van der Waals surface area contributed by atoms with Crippen molar-refractivity contribution in [3.05, 3.63) is 64.9 Å². The van der Waals surface area contributed by atoms with Crippen molar-refractivity contribution in [1.82, 2.24) is 10.2 Å². The maximum atomic E-state index is 13.3. The number of morpholine rings is 1. The molecule has 0 bridgehead atoms. The molecule has 0 unspecified atom stereocenters. The Balaban J connectivity index is 1.70. The Morgan fingerprint density at radius 2 is 1.89 bits per heavy atom. The van der Waals surface area contributed by atoms with Crippen LogP contribution >= 0.6 is 23.8 Å². The van der Waals surface area contributed by atoms with Crippen LogP contribution in [0.2, 0.25) is 5.02 Å². The molecule has 144 valence electrons. The summed E-state index contributed by atoms with van der Waals surface area (Å²) in [7, 11) is 0. The molecule has 3 rings (SSSR count). The minimum Gasteiger partial charge on any atom is -0.379 e. The van der Waals surface area contributed by atoms with E-state index in [0.717, 1.165) is 26.3 Å². The number of thiocarbonyl (C=S) groups is 1. The Kier molecular flexibility index (Phi) is 7.01. The second kappa shape index (κ2) is 9.46. The highest BCUT2D eigenvalue weighted by Crippen LogP contribution is 2.26. The van der Waals surface area contributed by atoms with Crippen molar-refractivity contribution in [2.24, 2.45) is 0 Å². The average Bonchev–Trinajstić information content (AvgIpc) is 2.66. The van der Waals surface area contributed by atoms with Gasteiger partial charge in [-0.25, -0.2) is 4.39 Å². The number of nitrogens with one attached hydrogen (secondary N) is 2. The first-order valence-corrected chi connectivity index (χ1v) is 9.72. The highest BCUT2D eigenvalue weighted by molar-refractivity contribution is 7.80. The van der Waals surface area contributed by atoms with Crippen LogP contribution in [0.5, 0.6) is 0 Å². The van der Waals surface area contributed by atoms with Crippen molar-refractivity contribution >= 4 is 34.6 Å². The van der Waals surface area contributed by atoms with E-state index >= 15 is 0 Å². The molecule has 1 heterocycles. The minimum absolute atomic E-state index is 0.0569. The smallest absolute Gasteiger partial charge is 0.171 e. The highest BCUT2D eigenvalue weighted by atomic mass is 35.5. The second-order valence-electron chi connectivity index (χ2n) is 6.52. The van der Waals surface area contributed by atoms with Gasteiger partial charge in [-0.2, -0.15) is 0 Å². The zero-order chi connectivity index (χ0) is 19.2. The van der Waals surface area contributed by atoms with Crippen molar-refractivity contribution in [2.45, 2.75) is 19.0 Å². The van der Waals surface area contributed by atoms with Crippen molar-refractivity contribution in [3.8, 4) is 0 Å². The van der Waals surface area contributed by atoms with E-state index in [2.05, 4.69) is 34.6 Å². The summed E-state index contributed by atoms with van der Waals surface area (Å²) < 4.78 is 18.8. The Morgan fingerprint density at radius 1 is 1.19 bits per heavy atom. The van der Waals surface area contributed by atoms with Gasteiger partial charge in [0.15, 0.2) is 5.11 Å². The molecule has 2 aromatic carbocycles. The molecule has 1 aliphatic rings. The third-order valence-electron chi connectivity index (χ3n) is 4.59. The summed E-state index contributed by atoms with van der Waals surface area (Å²) in [4.78, 5) is 2.41. The third kappa shape index (κ3) is 5.39. The number of rotatable bonds is 5.